The number of rotatable bonds is 5. The minimum atomic E-state index is -1.49. The lowest BCUT2D eigenvalue weighted by molar-refractivity contribution is 0.680. The standard InChI is InChI=1S/C21H34Si2/c1-17(2)22(4,5)21-14-13-19(16-21)15-18(3)23(6,7)20-11-9-8-10-12-20/h8-12,15,19,21H,1,13-14,16H2,2-7H3/b18-15+. The fraction of sp³-hybridized carbons (Fsp3) is 0.524. The third-order valence-electron chi connectivity index (χ3n) is 6.56. The molecule has 0 aromatic heterocycles. The van der Waals surface area contributed by atoms with Crippen LogP contribution < -0.4 is 5.19 Å². The molecule has 0 spiro atoms. The number of hydrogen-bond acceptors (Lipinski definition) is 0. The molecule has 1 aromatic carbocycles. The number of allylic oxidation sites excluding steroid dienone is 3. The second kappa shape index (κ2) is 6.94. The van der Waals surface area contributed by atoms with Crippen LogP contribution in [-0.2, 0) is 0 Å². The molecule has 1 aliphatic carbocycles. The Kier molecular flexibility index (Phi) is 5.57. The fourth-order valence-corrected chi connectivity index (χ4v) is 8.43. The summed E-state index contributed by atoms with van der Waals surface area (Å²) in [4.78, 5) is 0. The molecular weight excluding hydrogens is 308 g/mol. The van der Waals surface area contributed by atoms with Crippen molar-refractivity contribution in [2.75, 3.05) is 0 Å². The highest BCUT2D eigenvalue weighted by atomic mass is 28.3. The monoisotopic (exact) mass is 342 g/mol. The molecule has 126 valence electrons. The summed E-state index contributed by atoms with van der Waals surface area (Å²) < 4.78 is 0. The molecule has 2 rings (SSSR count). The summed E-state index contributed by atoms with van der Waals surface area (Å²) in [5.74, 6) is 0.793. The lowest BCUT2D eigenvalue weighted by Gasteiger charge is -2.30. The smallest absolute Gasteiger partial charge is 0.104 e. The van der Waals surface area contributed by atoms with E-state index in [1.807, 2.05) is 0 Å². The van der Waals surface area contributed by atoms with Crippen LogP contribution >= 0.6 is 0 Å². The molecule has 1 aromatic rings. The van der Waals surface area contributed by atoms with Crippen molar-refractivity contribution in [1.82, 2.24) is 0 Å². The van der Waals surface area contributed by atoms with Crippen LogP contribution in [0.25, 0.3) is 0 Å². The van der Waals surface area contributed by atoms with Crippen molar-refractivity contribution in [2.24, 2.45) is 5.92 Å². The Morgan fingerprint density at radius 2 is 1.65 bits per heavy atom. The van der Waals surface area contributed by atoms with E-state index in [4.69, 9.17) is 0 Å². The molecule has 2 heteroatoms. The van der Waals surface area contributed by atoms with Crippen LogP contribution in [0.5, 0.6) is 0 Å². The van der Waals surface area contributed by atoms with Gasteiger partial charge in [0, 0.05) is 0 Å². The number of benzene rings is 1. The Bertz CT molecular complexity index is 581. The van der Waals surface area contributed by atoms with Gasteiger partial charge in [-0.25, -0.2) is 0 Å². The van der Waals surface area contributed by atoms with Crippen LogP contribution in [0.3, 0.4) is 0 Å². The van der Waals surface area contributed by atoms with E-state index in [2.05, 4.69) is 83.0 Å². The fourth-order valence-electron chi connectivity index (χ4n) is 3.82. The Morgan fingerprint density at radius 1 is 1.04 bits per heavy atom. The quantitative estimate of drug-likeness (QED) is 0.569. The van der Waals surface area contributed by atoms with Crippen LogP contribution in [0, 0.1) is 5.92 Å². The normalized spacial score (nSPS) is 23.1. The largest absolute Gasteiger partial charge is 0.106 e. The molecule has 1 saturated carbocycles. The highest BCUT2D eigenvalue weighted by Gasteiger charge is 2.38. The first-order chi connectivity index (χ1) is 10.7. The van der Waals surface area contributed by atoms with Gasteiger partial charge in [-0.1, -0.05) is 84.6 Å². The van der Waals surface area contributed by atoms with E-state index in [9.17, 15) is 0 Å². The second-order valence-corrected chi connectivity index (χ2v) is 18.3. The molecule has 0 bridgehead atoms. The first-order valence-corrected chi connectivity index (χ1v) is 15.1. The van der Waals surface area contributed by atoms with Crippen LogP contribution in [0.2, 0.25) is 31.7 Å². The zero-order valence-electron chi connectivity index (χ0n) is 15.9. The van der Waals surface area contributed by atoms with Crippen molar-refractivity contribution >= 4 is 21.3 Å². The summed E-state index contributed by atoms with van der Waals surface area (Å²) in [6.07, 6.45) is 6.82. The van der Waals surface area contributed by atoms with E-state index in [0.717, 1.165) is 11.5 Å². The first-order valence-electron chi connectivity index (χ1n) is 9.06. The van der Waals surface area contributed by atoms with Gasteiger partial charge < -0.3 is 0 Å². The summed E-state index contributed by atoms with van der Waals surface area (Å²) in [5.41, 5.74) is 0.926. The van der Waals surface area contributed by atoms with Crippen molar-refractivity contribution in [3.63, 3.8) is 0 Å². The lowest BCUT2D eigenvalue weighted by Crippen LogP contribution is -2.43. The van der Waals surface area contributed by atoms with Gasteiger partial charge >= 0.3 is 0 Å². The molecule has 0 amide bonds. The Balaban J connectivity index is 2.12. The molecule has 0 nitrogen and oxygen atoms in total. The maximum Gasteiger partial charge on any atom is 0.106 e. The molecule has 1 fully saturated rings. The maximum absolute atomic E-state index is 4.29. The van der Waals surface area contributed by atoms with Gasteiger partial charge in [0.2, 0.25) is 0 Å². The molecule has 1 aliphatic rings. The first kappa shape index (κ1) is 18.5. The predicted molar refractivity (Wildman–Crippen MR) is 111 cm³/mol. The second-order valence-electron chi connectivity index (χ2n) is 8.61. The summed E-state index contributed by atoms with van der Waals surface area (Å²) in [7, 11) is -2.75. The zero-order chi connectivity index (χ0) is 17.3. The van der Waals surface area contributed by atoms with E-state index in [-0.39, 0.29) is 0 Å². The Hall–Kier alpha value is -0.866. The average Bonchev–Trinajstić information content (AvgIpc) is 2.97. The molecule has 0 saturated heterocycles. The van der Waals surface area contributed by atoms with Crippen molar-refractivity contribution in [1.29, 1.82) is 0 Å². The average molecular weight is 343 g/mol. The maximum atomic E-state index is 4.29. The van der Waals surface area contributed by atoms with Crippen LogP contribution in [0.15, 0.2) is 53.4 Å². The van der Waals surface area contributed by atoms with Gasteiger partial charge in [0.05, 0.1) is 8.07 Å². The molecule has 0 N–H and O–H groups in total. The Labute approximate surface area is 145 Å². The van der Waals surface area contributed by atoms with Gasteiger partial charge in [-0.3, -0.25) is 0 Å². The summed E-state index contributed by atoms with van der Waals surface area (Å²) in [5, 5.41) is 4.69. The molecule has 0 aliphatic heterocycles. The van der Waals surface area contributed by atoms with Gasteiger partial charge in [-0.05, 0) is 38.1 Å². The van der Waals surface area contributed by atoms with Crippen LogP contribution in [-0.4, -0.2) is 16.1 Å². The molecule has 0 radical (unpaired) electrons. The van der Waals surface area contributed by atoms with Gasteiger partial charge in [-0.2, -0.15) is 0 Å². The minimum absolute atomic E-state index is 0.793. The SMILES string of the molecule is C=C(C)[Si](C)(C)C1CCC(/C=C(\C)[Si](C)(C)c2ccccc2)C1. The third kappa shape index (κ3) is 3.97. The molecular formula is C21H34Si2. The zero-order valence-corrected chi connectivity index (χ0v) is 17.9. The Morgan fingerprint density at radius 3 is 2.22 bits per heavy atom. The van der Waals surface area contributed by atoms with Crippen molar-refractivity contribution in [2.45, 2.75) is 64.8 Å². The van der Waals surface area contributed by atoms with Gasteiger partial charge in [0.25, 0.3) is 0 Å². The predicted octanol–water partition coefficient (Wildman–Crippen LogP) is 6.08. The van der Waals surface area contributed by atoms with Crippen LogP contribution in [0.4, 0.5) is 0 Å². The summed E-state index contributed by atoms with van der Waals surface area (Å²) >= 11 is 0. The van der Waals surface area contributed by atoms with E-state index in [0.29, 0.717) is 0 Å². The molecule has 23 heavy (non-hydrogen) atoms. The molecule has 2 atom stereocenters. The van der Waals surface area contributed by atoms with Crippen molar-refractivity contribution in [3.05, 3.63) is 53.4 Å². The molecule has 2 unspecified atom stereocenters. The van der Waals surface area contributed by atoms with Gasteiger partial charge in [0.1, 0.15) is 8.07 Å². The minimum Gasteiger partial charge on any atom is -0.104 e. The van der Waals surface area contributed by atoms with E-state index in [1.165, 1.54) is 24.5 Å². The van der Waals surface area contributed by atoms with Crippen molar-refractivity contribution < 1.29 is 0 Å². The topological polar surface area (TPSA) is 0 Å². The highest BCUT2D eigenvalue weighted by molar-refractivity contribution is 6.95. The van der Waals surface area contributed by atoms with E-state index in [1.54, 1.807) is 10.4 Å². The lowest BCUT2D eigenvalue weighted by atomic mass is 10.1. The van der Waals surface area contributed by atoms with Crippen molar-refractivity contribution in [3.8, 4) is 0 Å². The number of hydrogen-bond donors (Lipinski definition) is 0. The van der Waals surface area contributed by atoms with Gasteiger partial charge in [0.15, 0.2) is 0 Å². The molecule has 0 heterocycles. The van der Waals surface area contributed by atoms with Gasteiger partial charge in [-0.15, -0.1) is 6.58 Å². The summed E-state index contributed by atoms with van der Waals surface area (Å²) in [6.45, 7) is 18.9. The third-order valence-corrected chi connectivity index (χ3v) is 15.2. The highest BCUT2D eigenvalue weighted by Crippen LogP contribution is 2.45. The van der Waals surface area contributed by atoms with E-state index >= 15 is 0 Å². The summed E-state index contributed by atoms with van der Waals surface area (Å²) in [6, 6.07) is 11.1. The van der Waals surface area contributed by atoms with E-state index < -0.39 is 16.1 Å². The van der Waals surface area contributed by atoms with Crippen LogP contribution in [0.1, 0.15) is 33.1 Å².